The van der Waals surface area contributed by atoms with Gasteiger partial charge in [0.2, 0.25) is 0 Å². The summed E-state index contributed by atoms with van der Waals surface area (Å²) >= 11 is 6.77. The summed E-state index contributed by atoms with van der Waals surface area (Å²) in [5, 5.41) is 8.02. The number of amides is 1. The zero-order valence-electron chi connectivity index (χ0n) is 22.3. The van der Waals surface area contributed by atoms with Crippen molar-refractivity contribution >= 4 is 34.2 Å². The van der Waals surface area contributed by atoms with E-state index >= 15 is 0 Å². The van der Waals surface area contributed by atoms with Crippen LogP contribution in [0.15, 0.2) is 60.8 Å². The number of pyridine rings is 1. The lowest BCUT2D eigenvalue weighted by Gasteiger charge is -2.29. The Hall–Kier alpha value is -3.39. The van der Waals surface area contributed by atoms with E-state index in [-0.39, 0.29) is 11.4 Å². The molecule has 6 rings (SSSR count). The molecule has 0 unspecified atom stereocenters. The number of carbonyl (C=O) groups is 1. The molecule has 1 amide bonds. The second-order valence-electron chi connectivity index (χ2n) is 10.9. The Bertz CT molecular complexity index is 1480. The smallest absolute Gasteiger partial charge is 0.251 e. The van der Waals surface area contributed by atoms with Crippen molar-refractivity contribution in [3.63, 3.8) is 0 Å². The van der Waals surface area contributed by atoms with Gasteiger partial charge >= 0.3 is 0 Å². The van der Waals surface area contributed by atoms with Crippen LogP contribution in [-0.4, -0.2) is 53.7 Å². The van der Waals surface area contributed by atoms with Crippen LogP contribution < -0.4 is 21.3 Å². The molecule has 0 radical (unpaired) electrons. The molecule has 202 valence electrons. The second-order valence-corrected chi connectivity index (χ2v) is 11.3. The molecule has 4 aromatic rings. The number of piperazine rings is 1. The summed E-state index contributed by atoms with van der Waals surface area (Å²) in [6.07, 6.45) is 5.92. The van der Waals surface area contributed by atoms with Gasteiger partial charge in [-0.1, -0.05) is 48.7 Å². The third-order valence-electron chi connectivity index (χ3n) is 8.28. The van der Waals surface area contributed by atoms with Gasteiger partial charge in [0.15, 0.2) is 0 Å². The predicted octanol–water partition coefficient (Wildman–Crippen LogP) is 4.97. The molecule has 1 aliphatic carbocycles. The molecular weight excluding hydrogens is 508 g/mol. The van der Waals surface area contributed by atoms with Gasteiger partial charge in [0.25, 0.3) is 5.91 Å². The van der Waals surface area contributed by atoms with Gasteiger partial charge in [0.1, 0.15) is 5.65 Å². The largest absolute Gasteiger partial charge is 0.369 e. The average Bonchev–Trinajstić information content (AvgIpc) is 3.54. The quantitative estimate of drug-likeness (QED) is 0.320. The Morgan fingerprint density at radius 3 is 2.38 bits per heavy atom. The number of nitrogens with two attached hydrogens (primary N) is 1. The summed E-state index contributed by atoms with van der Waals surface area (Å²) in [5.41, 5.74) is 13.0. The molecule has 1 aliphatic heterocycles. The van der Waals surface area contributed by atoms with Gasteiger partial charge in [-0.25, -0.2) is 4.98 Å². The highest BCUT2D eigenvalue weighted by molar-refractivity contribution is 6.37. The molecule has 2 fully saturated rings. The van der Waals surface area contributed by atoms with Gasteiger partial charge in [0, 0.05) is 73.7 Å². The van der Waals surface area contributed by atoms with Gasteiger partial charge in [-0.15, -0.1) is 0 Å². The van der Waals surface area contributed by atoms with E-state index in [4.69, 9.17) is 17.3 Å². The molecule has 0 bridgehead atoms. The number of halogens is 1. The maximum absolute atomic E-state index is 12.9. The molecule has 2 aromatic carbocycles. The maximum atomic E-state index is 12.9. The van der Waals surface area contributed by atoms with Crippen molar-refractivity contribution in [1.82, 2.24) is 20.2 Å². The van der Waals surface area contributed by atoms with E-state index in [9.17, 15) is 4.79 Å². The van der Waals surface area contributed by atoms with Crippen molar-refractivity contribution in [1.29, 1.82) is 0 Å². The number of nitrogens with one attached hydrogen (secondary N) is 2. The van der Waals surface area contributed by atoms with E-state index in [0.29, 0.717) is 17.1 Å². The van der Waals surface area contributed by atoms with Crippen LogP contribution >= 0.6 is 11.6 Å². The van der Waals surface area contributed by atoms with E-state index in [1.165, 1.54) is 5.69 Å². The van der Waals surface area contributed by atoms with Crippen LogP contribution in [0.4, 0.5) is 5.69 Å². The maximum Gasteiger partial charge on any atom is 0.251 e. The van der Waals surface area contributed by atoms with E-state index in [1.807, 2.05) is 37.4 Å². The number of aromatic nitrogens is 2. The Morgan fingerprint density at radius 1 is 1.03 bits per heavy atom. The van der Waals surface area contributed by atoms with Gasteiger partial charge in [0.05, 0.1) is 10.7 Å². The fraction of sp³-hybridized carbons (Fsp3) is 0.355. The first-order valence-corrected chi connectivity index (χ1v) is 14.2. The number of hydrogen-bond donors (Lipinski definition) is 3. The summed E-state index contributed by atoms with van der Waals surface area (Å²) in [6.45, 7) is 4.52. The number of fused-ring (bicyclic) bond motifs is 1. The van der Waals surface area contributed by atoms with E-state index in [1.54, 1.807) is 6.20 Å². The standard InChI is InChI=1S/C31H35ClN6O/c1-37-28(22-8-10-24(11-9-22)38-18-16-34-17-19-38)26(27-25(32)12-15-35-29(27)37)21-4-6-23(7-5-21)30(39)36-20-31(33)13-2-3-14-31/h4-12,15,34H,2-3,13-14,16-20,33H2,1H3,(H,36,39). The summed E-state index contributed by atoms with van der Waals surface area (Å²) < 4.78 is 2.11. The topological polar surface area (TPSA) is 88.2 Å². The van der Waals surface area contributed by atoms with Crippen LogP contribution in [0, 0.1) is 0 Å². The fourth-order valence-corrected chi connectivity index (χ4v) is 6.32. The van der Waals surface area contributed by atoms with Gasteiger partial charge in [-0.3, -0.25) is 4.79 Å². The Morgan fingerprint density at radius 2 is 1.69 bits per heavy atom. The molecular formula is C31H35ClN6O. The molecule has 2 aliphatic rings. The normalized spacial score (nSPS) is 17.1. The van der Waals surface area contributed by atoms with Crippen LogP contribution in [0.2, 0.25) is 5.02 Å². The second kappa shape index (κ2) is 10.6. The van der Waals surface area contributed by atoms with Crippen molar-refractivity contribution < 1.29 is 4.79 Å². The van der Waals surface area contributed by atoms with Crippen LogP contribution in [0.3, 0.4) is 0 Å². The Balaban J connectivity index is 1.34. The third kappa shape index (κ3) is 5.02. The fourth-order valence-electron chi connectivity index (χ4n) is 6.08. The monoisotopic (exact) mass is 542 g/mol. The molecule has 3 heterocycles. The lowest BCUT2D eigenvalue weighted by molar-refractivity contribution is 0.0943. The molecule has 39 heavy (non-hydrogen) atoms. The lowest BCUT2D eigenvalue weighted by atomic mass is 9.97. The molecule has 4 N–H and O–H groups in total. The predicted molar refractivity (Wildman–Crippen MR) is 159 cm³/mol. The molecule has 1 saturated heterocycles. The summed E-state index contributed by atoms with van der Waals surface area (Å²) in [4.78, 5) is 20.0. The number of anilines is 1. The molecule has 2 aromatic heterocycles. The summed E-state index contributed by atoms with van der Waals surface area (Å²) in [7, 11) is 2.03. The van der Waals surface area contributed by atoms with Crippen molar-refractivity contribution in [3.05, 3.63) is 71.4 Å². The first kappa shape index (κ1) is 25.9. The average molecular weight is 543 g/mol. The minimum atomic E-state index is -0.280. The lowest BCUT2D eigenvalue weighted by Crippen LogP contribution is -2.47. The molecule has 0 spiro atoms. The number of aryl methyl sites for hydroxylation is 1. The highest BCUT2D eigenvalue weighted by Gasteiger charge is 2.29. The highest BCUT2D eigenvalue weighted by Crippen LogP contribution is 2.42. The third-order valence-corrected chi connectivity index (χ3v) is 8.59. The molecule has 7 nitrogen and oxygen atoms in total. The first-order chi connectivity index (χ1) is 18.9. The van der Waals surface area contributed by atoms with E-state index < -0.39 is 0 Å². The number of hydrogen-bond acceptors (Lipinski definition) is 5. The van der Waals surface area contributed by atoms with E-state index in [2.05, 4.69) is 49.4 Å². The van der Waals surface area contributed by atoms with Crippen LogP contribution in [0.5, 0.6) is 0 Å². The van der Waals surface area contributed by atoms with Crippen LogP contribution in [0.1, 0.15) is 36.0 Å². The summed E-state index contributed by atoms with van der Waals surface area (Å²) in [6, 6.07) is 18.3. The van der Waals surface area contributed by atoms with Gasteiger partial charge in [-0.2, -0.15) is 0 Å². The minimum absolute atomic E-state index is 0.0976. The SMILES string of the molecule is Cn1c(-c2ccc(N3CCNCC3)cc2)c(-c2ccc(C(=O)NCC3(N)CCCC3)cc2)c2c(Cl)ccnc21. The van der Waals surface area contributed by atoms with Crippen molar-refractivity contribution in [2.24, 2.45) is 12.8 Å². The Kier molecular flexibility index (Phi) is 7.06. The van der Waals surface area contributed by atoms with E-state index in [0.717, 1.165) is 85.3 Å². The van der Waals surface area contributed by atoms with Gasteiger partial charge < -0.3 is 25.8 Å². The van der Waals surface area contributed by atoms with Gasteiger partial charge in [-0.05, 0) is 54.3 Å². The van der Waals surface area contributed by atoms with Crippen molar-refractivity contribution in [3.8, 4) is 22.4 Å². The van der Waals surface area contributed by atoms with Crippen LogP contribution in [0.25, 0.3) is 33.4 Å². The summed E-state index contributed by atoms with van der Waals surface area (Å²) in [5.74, 6) is -0.0976. The molecule has 1 saturated carbocycles. The van der Waals surface area contributed by atoms with Crippen LogP contribution in [-0.2, 0) is 7.05 Å². The number of nitrogens with zero attached hydrogens (tertiary/aromatic N) is 3. The highest BCUT2D eigenvalue weighted by atomic mass is 35.5. The number of carbonyl (C=O) groups excluding carboxylic acids is 1. The van der Waals surface area contributed by atoms with Crippen molar-refractivity contribution in [2.75, 3.05) is 37.6 Å². The molecule has 8 heteroatoms. The number of benzene rings is 2. The number of rotatable bonds is 6. The minimum Gasteiger partial charge on any atom is -0.369 e. The first-order valence-electron chi connectivity index (χ1n) is 13.8. The zero-order chi connectivity index (χ0) is 27.0. The molecule has 0 atom stereocenters. The van der Waals surface area contributed by atoms with Crippen molar-refractivity contribution in [2.45, 2.75) is 31.2 Å². The zero-order valence-corrected chi connectivity index (χ0v) is 23.1. The Labute approximate surface area is 234 Å².